The summed E-state index contributed by atoms with van der Waals surface area (Å²) in [6.07, 6.45) is 4.23. The fourth-order valence-electron chi connectivity index (χ4n) is 1.30. The number of hydrogen-bond acceptors (Lipinski definition) is 1. The molecule has 0 bridgehead atoms. The van der Waals surface area contributed by atoms with Gasteiger partial charge in [0.2, 0.25) is 0 Å². The van der Waals surface area contributed by atoms with E-state index in [1.165, 1.54) is 12.0 Å². The largest absolute Gasteiger partial charge is 0.371 e. The van der Waals surface area contributed by atoms with Crippen LogP contribution in [0.4, 0.5) is 0 Å². The Kier molecular flexibility index (Phi) is 2.50. The van der Waals surface area contributed by atoms with Crippen LogP contribution in [-0.2, 0) is 4.74 Å². The van der Waals surface area contributed by atoms with E-state index >= 15 is 0 Å². The van der Waals surface area contributed by atoms with Crippen LogP contribution >= 0.6 is 0 Å². The topological polar surface area (TPSA) is 9.23 Å². The Morgan fingerprint density at radius 1 is 1.70 bits per heavy atom. The van der Waals surface area contributed by atoms with Crippen LogP contribution in [0.25, 0.3) is 0 Å². The van der Waals surface area contributed by atoms with Crippen molar-refractivity contribution >= 4 is 0 Å². The van der Waals surface area contributed by atoms with Crippen LogP contribution in [0.5, 0.6) is 0 Å². The second kappa shape index (κ2) is 3.20. The lowest BCUT2D eigenvalue weighted by molar-refractivity contribution is -0.0108. The van der Waals surface area contributed by atoms with Crippen LogP contribution in [0.15, 0.2) is 12.2 Å². The lowest BCUT2D eigenvalue weighted by Crippen LogP contribution is -2.26. The van der Waals surface area contributed by atoms with Crippen molar-refractivity contribution in [3.05, 3.63) is 12.2 Å². The molecule has 1 saturated heterocycles. The van der Waals surface area contributed by atoms with E-state index in [9.17, 15) is 0 Å². The van der Waals surface area contributed by atoms with Crippen molar-refractivity contribution in [3.63, 3.8) is 0 Å². The smallest absolute Gasteiger partial charge is 0.0758 e. The molecule has 0 saturated carbocycles. The maximum Gasteiger partial charge on any atom is 0.0758 e. The summed E-state index contributed by atoms with van der Waals surface area (Å²) in [4.78, 5) is 0. The molecule has 1 fully saturated rings. The molecule has 1 nitrogen and oxygen atoms in total. The standard InChI is InChI=1S/C9H16O/c1-4-9-6-5-7(2)8(3)10-9/h8-9H,2,4-6H2,1,3H3. The van der Waals surface area contributed by atoms with Crippen molar-refractivity contribution in [2.45, 2.75) is 45.3 Å². The zero-order valence-corrected chi connectivity index (χ0v) is 6.89. The van der Waals surface area contributed by atoms with Crippen LogP contribution in [0.3, 0.4) is 0 Å². The molecule has 1 rings (SSSR count). The molecule has 0 N–H and O–H groups in total. The normalized spacial score (nSPS) is 34.4. The maximum absolute atomic E-state index is 5.65. The van der Waals surface area contributed by atoms with Crippen molar-refractivity contribution in [2.24, 2.45) is 0 Å². The Morgan fingerprint density at radius 3 is 2.90 bits per heavy atom. The monoisotopic (exact) mass is 140 g/mol. The van der Waals surface area contributed by atoms with Crippen molar-refractivity contribution in [1.29, 1.82) is 0 Å². The Labute approximate surface area is 63.1 Å². The number of ether oxygens (including phenoxy) is 1. The van der Waals surface area contributed by atoms with Gasteiger partial charge in [0, 0.05) is 0 Å². The molecule has 0 radical (unpaired) electrons. The molecule has 1 heterocycles. The third-order valence-corrected chi connectivity index (χ3v) is 2.21. The van der Waals surface area contributed by atoms with Crippen molar-refractivity contribution in [1.82, 2.24) is 0 Å². The van der Waals surface area contributed by atoms with Crippen molar-refractivity contribution in [2.75, 3.05) is 0 Å². The van der Waals surface area contributed by atoms with Crippen LogP contribution in [0.1, 0.15) is 33.1 Å². The van der Waals surface area contributed by atoms with E-state index in [1.54, 1.807) is 0 Å². The van der Waals surface area contributed by atoms with Crippen molar-refractivity contribution in [3.8, 4) is 0 Å². The van der Waals surface area contributed by atoms with Gasteiger partial charge in [-0.1, -0.05) is 13.5 Å². The third kappa shape index (κ3) is 1.60. The molecule has 1 heteroatoms. The van der Waals surface area contributed by atoms with Gasteiger partial charge in [0.05, 0.1) is 12.2 Å². The predicted molar refractivity (Wildman–Crippen MR) is 43.0 cm³/mol. The molecular formula is C9H16O. The molecule has 0 aromatic carbocycles. The summed E-state index contributed by atoms with van der Waals surface area (Å²) in [5.74, 6) is 0. The van der Waals surface area contributed by atoms with Gasteiger partial charge >= 0.3 is 0 Å². The average molecular weight is 140 g/mol. The molecule has 1 aliphatic heterocycles. The quantitative estimate of drug-likeness (QED) is 0.508. The molecule has 0 aromatic heterocycles. The minimum absolute atomic E-state index is 0.290. The first-order chi connectivity index (χ1) is 4.74. The molecule has 58 valence electrons. The average Bonchev–Trinajstić information content (AvgIpc) is 1.95. The van der Waals surface area contributed by atoms with Gasteiger partial charge in [0.15, 0.2) is 0 Å². The highest BCUT2D eigenvalue weighted by Crippen LogP contribution is 2.23. The molecule has 0 aliphatic carbocycles. The number of rotatable bonds is 1. The Balaban J connectivity index is 2.40. The minimum atomic E-state index is 0.290. The van der Waals surface area contributed by atoms with Crippen LogP contribution in [0, 0.1) is 0 Å². The Bertz CT molecular complexity index is 129. The van der Waals surface area contributed by atoms with E-state index in [1.807, 2.05) is 0 Å². The van der Waals surface area contributed by atoms with Gasteiger partial charge < -0.3 is 4.74 Å². The summed E-state index contributed by atoms with van der Waals surface area (Å²) in [5, 5.41) is 0. The maximum atomic E-state index is 5.65. The summed E-state index contributed by atoms with van der Waals surface area (Å²) in [6, 6.07) is 0. The molecule has 0 amide bonds. The van der Waals surface area contributed by atoms with Crippen LogP contribution in [-0.4, -0.2) is 12.2 Å². The predicted octanol–water partition coefficient (Wildman–Crippen LogP) is 2.52. The summed E-state index contributed by atoms with van der Waals surface area (Å²) in [7, 11) is 0. The summed E-state index contributed by atoms with van der Waals surface area (Å²) < 4.78 is 5.65. The first-order valence-corrected chi connectivity index (χ1v) is 4.07. The van der Waals surface area contributed by atoms with Gasteiger partial charge in [-0.15, -0.1) is 0 Å². The lowest BCUT2D eigenvalue weighted by Gasteiger charge is -2.28. The van der Waals surface area contributed by atoms with Crippen molar-refractivity contribution < 1.29 is 4.74 Å². The van der Waals surface area contributed by atoms with Gasteiger partial charge in [0.1, 0.15) is 0 Å². The van der Waals surface area contributed by atoms with E-state index in [4.69, 9.17) is 4.74 Å². The Morgan fingerprint density at radius 2 is 2.40 bits per heavy atom. The van der Waals surface area contributed by atoms with Crippen LogP contribution < -0.4 is 0 Å². The highest BCUT2D eigenvalue weighted by atomic mass is 16.5. The molecule has 1 aliphatic rings. The first kappa shape index (κ1) is 7.80. The number of hydrogen-bond donors (Lipinski definition) is 0. The van der Waals surface area contributed by atoms with E-state index in [-0.39, 0.29) is 0 Å². The molecule has 2 unspecified atom stereocenters. The first-order valence-electron chi connectivity index (χ1n) is 4.07. The van der Waals surface area contributed by atoms with E-state index in [2.05, 4.69) is 20.4 Å². The lowest BCUT2D eigenvalue weighted by atomic mass is 9.99. The zero-order valence-electron chi connectivity index (χ0n) is 6.89. The summed E-state index contributed by atoms with van der Waals surface area (Å²) in [6.45, 7) is 8.20. The van der Waals surface area contributed by atoms with Gasteiger partial charge in [0.25, 0.3) is 0 Å². The molecule has 0 spiro atoms. The van der Waals surface area contributed by atoms with E-state index < -0.39 is 0 Å². The second-order valence-electron chi connectivity index (χ2n) is 3.01. The highest BCUT2D eigenvalue weighted by molar-refractivity contribution is 5.03. The second-order valence-corrected chi connectivity index (χ2v) is 3.01. The molecular weight excluding hydrogens is 124 g/mol. The van der Waals surface area contributed by atoms with Crippen LogP contribution in [0.2, 0.25) is 0 Å². The third-order valence-electron chi connectivity index (χ3n) is 2.21. The fraction of sp³-hybridized carbons (Fsp3) is 0.778. The van der Waals surface area contributed by atoms with Gasteiger partial charge in [-0.25, -0.2) is 0 Å². The van der Waals surface area contributed by atoms with Gasteiger partial charge in [-0.3, -0.25) is 0 Å². The zero-order chi connectivity index (χ0) is 7.56. The van der Waals surface area contributed by atoms with Gasteiger partial charge in [-0.2, -0.15) is 0 Å². The summed E-state index contributed by atoms with van der Waals surface area (Å²) in [5.41, 5.74) is 1.25. The Hall–Kier alpha value is -0.300. The molecule has 0 aromatic rings. The van der Waals surface area contributed by atoms with Gasteiger partial charge in [-0.05, 0) is 31.8 Å². The summed E-state index contributed by atoms with van der Waals surface area (Å²) >= 11 is 0. The molecule has 2 atom stereocenters. The molecule has 10 heavy (non-hydrogen) atoms. The SMILES string of the molecule is C=C1CCC(CC)OC1C. The highest BCUT2D eigenvalue weighted by Gasteiger charge is 2.19. The van der Waals surface area contributed by atoms with E-state index in [0.29, 0.717) is 12.2 Å². The van der Waals surface area contributed by atoms with E-state index in [0.717, 1.165) is 12.8 Å². The minimum Gasteiger partial charge on any atom is -0.371 e. The fourth-order valence-corrected chi connectivity index (χ4v) is 1.30.